The van der Waals surface area contributed by atoms with E-state index < -0.39 is 12.6 Å². The molecule has 1 saturated carbocycles. The zero-order valence-electron chi connectivity index (χ0n) is 14.0. The van der Waals surface area contributed by atoms with E-state index in [1.165, 1.54) is 18.8 Å². The number of nitrogens with zero attached hydrogens (tertiary/aromatic N) is 1. The number of esters is 1. The molecule has 0 aromatic carbocycles. The molecule has 3 atom stereocenters. The van der Waals surface area contributed by atoms with E-state index in [1.54, 1.807) is 18.2 Å². The molecule has 1 amide bonds. The van der Waals surface area contributed by atoms with Crippen molar-refractivity contribution in [3.63, 3.8) is 0 Å². The minimum atomic E-state index is -0.839. The Labute approximate surface area is 141 Å². The lowest BCUT2D eigenvalue weighted by atomic mass is 9.78. The number of rotatable bonds is 5. The van der Waals surface area contributed by atoms with Crippen LogP contribution in [-0.2, 0) is 14.3 Å². The summed E-state index contributed by atoms with van der Waals surface area (Å²) in [5.74, 6) is 0.150. The monoisotopic (exact) mass is 330 g/mol. The quantitative estimate of drug-likeness (QED) is 0.509. The zero-order valence-corrected chi connectivity index (χ0v) is 14.0. The van der Waals surface area contributed by atoms with Crippen molar-refractivity contribution in [3.05, 3.63) is 29.7 Å². The number of ether oxygens (including phenoxy) is 1. The van der Waals surface area contributed by atoms with E-state index in [2.05, 4.69) is 19.2 Å². The number of carbonyl (C=O) groups excluding carboxylic acids is 2. The van der Waals surface area contributed by atoms with Gasteiger partial charge in [-0.15, -0.1) is 0 Å². The molecule has 1 fully saturated rings. The molecule has 1 aliphatic carbocycles. The first kappa shape index (κ1) is 17.8. The number of nitriles is 1. The molecule has 1 heterocycles. The number of amides is 1. The molecule has 0 radical (unpaired) electrons. The maximum Gasteiger partial charge on any atom is 0.349 e. The molecule has 2 rings (SSSR count). The van der Waals surface area contributed by atoms with E-state index in [4.69, 9.17) is 14.4 Å². The fraction of sp³-hybridized carbons (Fsp3) is 0.500. The minimum absolute atomic E-state index is 0.106. The minimum Gasteiger partial charge on any atom is -0.465 e. The van der Waals surface area contributed by atoms with Crippen LogP contribution in [0.1, 0.15) is 38.9 Å². The van der Waals surface area contributed by atoms with E-state index in [-0.39, 0.29) is 17.5 Å². The third kappa shape index (κ3) is 4.72. The topological polar surface area (TPSA) is 92.3 Å². The molecule has 1 aromatic rings. The first-order valence-electron chi connectivity index (χ1n) is 8.13. The molecular weight excluding hydrogens is 308 g/mol. The highest BCUT2D eigenvalue weighted by atomic mass is 16.5. The summed E-state index contributed by atoms with van der Waals surface area (Å²) in [5.41, 5.74) is -0.211. The Balaban J connectivity index is 1.84. The molecule has 0 unspecified atom stereocenters. The molecule has 0 saturated heterocycles. The van der Waals surface area contributed by atoms with Crippen LogP contribution >= 0.6 is 0 Å². The van der Waals surface area contributed by atoms with Crippen molar-refractivity contribution in [1.82, 2.24) is 5.32 Å². The van der Waals surface area contributed by atoms with Gasteiger partial charge in [0.2, 0.25) is 0 Å². The van der Waals surface area contributed by atoms with Crippen LogP contribution in [0.5, 0.6) is 0 Å². The third-order valence-electron chi connectivity index (χ3n) is 4.56. The van der Waals surface area contributed by atoms with Crippen LogP contribution in [-0.4, -0.2) is 24.5 Å². The van der Waals surface area contributed by atoms with Gasteiger partial charge >= 0.3 is 5.97 Å². The Kier molecular flexibility index (Phi) is 6.19. The summed E-state index contributed by atoms with van der Waals surface area (Å²) in [7, 11) is 0. The Morgan fingerprint density at radius 3 is 2.92 bits per heavy atom. The van der Waals surface area contributed by atoms with Gasteiger partial charge in [0, 0.05) is 12.1 Å². The average molecular weight is 330 g/mol. The van der Waals surface area contributed by atoms with Crippen molar-refractivity contribution in [2.24, 2.45) is 11.8 Å². The van der Waals surface area contributed by atoms with Crippen LogP contribution in [0.2, 0.25) is 0 Å². The summed E-state index contributed by atoms with van der Waals surface area (Å²) in [6.45, 7) is 3.91. The SMILES string of the molecule is C[C@@H]1[C@H](C)CCC[C@@H]1NC(=O)COC(=O)/C(C#N)=C/c1ccco1. The van der Waals surface area contributed by atoms with Gasteiger partial charge in [0.25, 0.3) is 5.91 Å². The van der Waals surface area contributed by atoms with E-state index in [0.717, 1.165) is 12.8 Å². The summed E-state index contributed by atoms with van der Waals surface area (Å²) >= 11 is 0. The predicted molar refractivity (Wildman–Crippen MR) is 87.4 cm³/mol. The Morgan fingerprint density at radius 1 is 1.46 bits per heavy atom. The molecule has 1 N–H and O–H groups in total. The Bertz CT molecular complexity index is 642. The van der Waals surface area contributed by atoms with Crippen LogP contribution in [0.4, 0.5) is 0 Å². The molecule has 24 heavy (non-hydrogen) atoms. The van der Waals surface area contributed by atoms with Crippen LogP contribution in [0, 0.1) is 23.2 Å². The smallest absolute Gasteiger partial charge is 0.349 e. The summed E-state index contributed by atoms with van der Waals surface area (Å²) in [5, 5.41) is 11.9. The largest absolute Gasteiger partial charge is 0.465 e. The highest BCUT2D eigenvalue weighted by molar-refractivity contribution is 5.98. The van der Waals surface area contributed by atoms with Gasteiger partial charge in [-0.05, 0) is 30.4 Å². The van der Waals surface area contributed by atoms with Crippen LogP contribution < -0.4 is 5.32 Å². The first-order valence-corrected chi connectivity index (χ1v) is 8.13. The summed E-state index contributed by atoms with van der Waals surface area (Å²) in [6, 6.07) is 5.12. The molecule has 0 bridgehead atoms. The summed E-state index contributed by atoms with van der Waals surface area (Å²) in [4.78, 5) is 23.9. The van der Waals surface area contributed by atoms with Crippen LogP contribution in [0.25, 0.3) is 6.08 Å². The van der Waals surface area contributed by atoms with Crippen molar-refractivity contribution in [3.8, 4) is 6.07 Å². The van der Waals surface area contributed by atoms with Gasteiger partial charge in [-0.1, -0.05) is 26.7 Å². The van der Waals surface area contributed by atoms with Gasteiger partial charge in [-0.2, -0.15) is 5.26 Å². The van der Waals surface area contributed by atoms with E-state index in [0.29, 0.717) is 17.6 Å². The molecule has 6 heteroatoms. The fourth-order valence-corrected chi connectivity index (χ4v) is 2.90. The molecular formula is C18H22N2O4. The van der Waals surface area contributed by atoms with E-state index >= 15 is 0 Å². The van der Waals surface area contributed by atoms with Crippen molar-refractivity contribution < 1.29 is 18.7 Å². The fourth-order valence-electron chi connectivity index (χ4n) is 2.90. The molecule has 0 spiro atoms. The highest BCUT2D eigenvalue weighted by Crippen LogP contribution is 2.29. The molecule has 6 nitrogen and oxygen atoms in total. The van der Waals surface area contributed by atoms with Crippen LogP contribution in [0.3, 0.4) is 0 Å². The summed E-state index contributed by atoms with van der Waals surface area (Å²) < 4.78 is 9.98. The van der Waals surface area contributed by atoms with Gasteiger partial charge in [-0.3, -0.25) is 4.79 Å². The lowest BCUT2D eigenvalue weighted by molar-refractivity contribution is -0.144. The zero-order chi connectivity index (χ0) is 17.5. The van der Waals surface area contributed by atoms with Crippen molar-refractivity contribution >= 4 is 18.0 Å². The van der Waals surface area contributed by atoms with Crippen molar-refractivity contribution in [1.29, 1.82) is 5.26 Å². The van der Waals surface area contributed by atoms with Gasteiger partial charge in [0.1, 0.15) is 17.4 Å². The number of hydrogen-bond donors (Lipinski definition) is 1. The number of hydrogen-bond acceptors (Lipinski definition) is 5. The third-order valence-corrected chi connectivity index (χ3v) is 4.56. The van der Waals surface area contributed by atoms with Gasteiger partial charge in [-0.25, -0.2) is 4.79 Å². The molecule has 1 aliphatic rings. The Morgan fingerprint density at radius 2 is 2.25 bits per heavy atom. The van der Waals surface area contributed by atoms with Crippen molar-refractivity contribution in [2.75, 3.05) is 6.61 Å². The predicted octanol–water partition coefficient (Wildman–Crippen LogP) is 2.67. The number of nitrogens with one attached hydrogen (secondary N) is 1. The van der Waals surface area contributed by atoms with Crippen molar-refractivity contribution in [2.45, 2.75) is 39.2 Å². The second kappa shape index (κ2) is 8.34. The average Bonchev–Trinajstić information content (AvgIpc) is 3.08. The number of carbonyl (C=O) groups is 2. The first-order chi connectivity index (χ1) is 11.5. The molecule has 0 aliphatic heterocycles. The molecule has 1 aromatic heterocycles. The maximum absolute atomic E-state index is 12.0. The lowest BCUT2D eigenvalue weighted by Crippen LogP contribution is -2.45. The normalized spacial score (nSPS) is 24.0. The Hall–Kier alpha value is -2.55. The second-order valence-electron chi connectivity index (χ2n) is 6.20. The van der Waals surface area contributed by atoms with Crippen LogP contribution in [0.15, 0.2) is 28.4 Å². The van der Waals surface area contributed by atoms with Gasteiger partial charge < -0.3 is 14.5 Å². The lowest BCUT2D eigenvalue weighted by Gasteiger charge is -2.34. The second-order valence-corrected chi connectivity index (χ2v) is 6.20. The van der Waals surface area contributed by atoms with Gasteiger partial charge in [0.05, 0.1) is 6.26 Å². The van der Waals surface area contributed by atoms with E-state index in [1.807, 2.05) is 0 Å². The number of furan rings is 1. The van der Waals surface area contributed by atoms with E-state index in [9.17, 15) is 9.59 Å². The summed E-state index contributed by atoms with van der Waals surface area (Å²) in [6.07, 6.45) is 5.91. The standard InChI is InChI=1S/C18H22N2O4/c1-12-5-3-7-16(13(12)2)20-17(21)11-24-18(22)14(10-19)9-15-6-4-8-23-15/h4,6,8-9,12-13,16H,3,5,7,11H2,1-2H3,(H,20,21)/b14-9+/t12-,13-,16+/m1/s1. The molecule has 128 valence electrons. The highest BCUT2D eigenvalue weighted by Gasteiger charge is 2.28. The van der Waals surface area contributed by atoms with Gasteiger partial charge in [0.15, 0.2) is 6.61 Å². The maximum atomic E-state index is 12.0.